The molecule has 0 amide bonds. The summed E-state index contributed by atoms with van der Waals surface area (Å²) in [4.78, 5) is 17.0. The smallest absolute Gasteiger partial charge is 0.228 e. The molecule has 3 heterocycles. The van der Waals surface area contributed by atoms with Crippen LogP contribution < -0.4 is 25.1 Å². The van der Waals surface area contributed by atoms with Gasteiger partial charge < -0.3 is 24.0 Å². The van der Waals surface area contributed by atoms with Crippen molar-refractivity contribution in [3.63, 3.8) is 0 Å². The molecular formula is C33H45N5O3. The van der Waals surface area contributed by atoms with E-state index < -0.39 is 0 Å². The lowest BCUT2D eigenvalue weighted by Gasteiger charge is -2.37. The predicted octanol–water partition coefficient (Wildman–Crippen LogP) is 3.38. The Balaban J connectivity index is 1.51. The van der Waals surface area contributed by atoms with Gasteiger partial charge in [0.15, 0.2) is 0 Å². The van der Waals surface area contributed by atoms with Gasteiger partial charge in [0.25, 0.3) is 0 Å². The first kappa shape index (κ1) is 29.3. The van der Waals surface area contributed by atoms with E-state index in [0.717, 1.165) is 67.2 Å². The molecule has 1 atom stereocenters. The second-order valence-corrected chi connectivity index (χ2v) is 11.1. The summed E-state index contributed by atoms with van der Waals surface area (Å²) in [5.41, 5.74) is 3.33. The van der Waals surface area contributed by atoms with Crippen LogP contribution in [0.25, 0.3) is 18.2 Å². The lowest BCUT2D eigenvalue weighted by molar-refractivity contribution is 0.0526. The number of nitrogens with zero attached hydrogens (tertiary/aromatic N) is 5. The second-order valence-electron chi connectivity index (χ2n) is 11.1. The molecule has 1 saturated carbocycles. The van der Waals surface area contributed by atoms with E-state index in [1.807, 2.05) is 6.08 Å². The molecule has 41 heavy (non-hydrogen) atoms. The summed E-state index contributed by atoms with van der Waals surface area (Å²) in [5, 5.41) is 1.64. The molecule has 3 aliphatic rings. The largest absolute Gasteiger partial charge is 0.496 e. The molecule has 2 aliphatic heterocycles. The van der Waals surface area contributed by atoms with Crippen molar-refractivity contribution in [2.24, 2.45) is 0 Å². The monoisotopic (exact) mass is 559 g/mol. The third-order valence-electron chi connectivity index (χ3n) is 8.46. The molecule has 1 aliphatic carbocycles. The van der Waals surface area contributed by atoms with Crippen molar-refractivity contribution in [2.45, 2.75) is 51.8 Å². The Morgan fingerprint density at radius 2 is 1.93 bits per heavy atom. The summed E-state index contributed by atoms with van der Waals surface area (Å²) in [6.07, 6.45) is 10.1. The molecule has 2 saturated heterocycles. The number of hydrogen-bond donors (Lipinski definition) is 0. The fraction of sp³-hybridized carbons (Fsp3) is 0.515. The SMILES string of the molecule is C=C/C(=C\C=c1\c(N2CCOCC2)nc(N2CCO[C@H](C)C2)nc1=C)c1ccc(OC)c(CN(CC)C2CCC2)c1. The van der Waals surface area contributed by atoms with Gasteiger partial charge in [0.1, 0.15) is 11.6 Å². The molecule has 0 unspecified atom stereocenters. The summed E-state index contributed by atoms with van der Waals surface area (Å²) in [5.74, 6) is 2.54. The van der Waals surface area contributed by atoms with E-state index in [0.29, 0.717) is 37.2 Å². The molecule has 1 aromatic carbocycles. The van der Waals surface area contributed by atoms with Crippen LogP contribution in [0.2, 0.25) is 0 Å². The van der Waals surface area contributed by atoms with Gasteiger partial charge >= 0.3 is 0 Å². The van der Waals surface area contributed by atoms with Gasteiger partial charge in [-0.1, -0.05) is 44.7 Å². The van der Waals surface area contributed by atoms with Crippen molar-refractivity contribution in [3.8, 4) is 5.75 Å². The van der Waals surface area contributed by atoms with E-state index in [1.54, 1.807) is 7.11 Å². The predicted molar refractivity (Wildman–Crippen MR) is 167 cm³/mol. The molecule has 0 N–H and O–H groups in total. The summed E-state index contributed by atoms with van der Waals surface area (Å²) in [6, 6.07) is 7.10. The van der Waals surface area contributed by atoms with Gasteiger partial charge in [-0.3, -0.25) is 4.90 Å². The number of rotatable bonds is 10. The Bertz CT molecular complexity index is 1350. The van der Waals surface area contributed by atoms with Gasteiger partial charge in [0, 0.05) is 49.5 Å². The van der Waals surface area contributed by atoms with Gasteiger partial charge in [0.2, 0.25) is 5.95 Å². The van der Waals surface area contributed by atoms with Crippen molar-refractivity contribution in [1.29, 1.82) is 0 Å². The van der Waals surface area contributed by atoms with Crippen LogP contribution in [0, 0.1) is 0 Å². The third-order valence-corrected chi connectivity index (χ3v) is 8.46. The van der Waals surface area contributed by atoms with E-state index in [-0.39, 0.29) is 6.10 Å². The maximum atomic E-state index is 5.75. The Morgan fingerprint density at radius 3 is 2.59 bits per heavy atom. The Kier molecular flexibility index (Phi) is 9.75. The molecule has 0 spiro atoms. The lowest BCUT2D eigenvalue weighted by atomic mass is 9.91. The highest BCUT2D eigenvalue weighted by atomic mass is 16.5. The third kappa shape index (κ3) is 6.83. The first-order chi connectivity index (χ1) is 20.0. The van der Waals surface area contributed by atoms with Gasteiger partial charge in [0.05, 0.1) is 38.4 Å². The van der Waals surface area contributed by atoms with E-state index in [1.165, 1.54) is 24.8 Å². The zero-order valence-electron chi connectivity index (χ0n) is 25.0. The van der Waals surface area contributed by atoms with Crippen molar-refractivity contribution < 1.29 is 14.2 Å². The first-order valence-electron chi connectivity index (χ1n) is 15.0. The number of aromatic nitrogens is 2. The average Bonchev–Trinajstić information content (AvgIpc) is 2.97. The van der Waals surface area contributed by atoms with Crippen molar-refractivity contribution in [3.05, 3.63) is 58.6 Å². The van der Waals surface area contributed by atoms with Gasteiger partial charge in [-0.2, -0.15) is 4.98 Å². The molecule has 8 heteroatoms. The van der Waals surface area contributed by atoms with Gasteiger partial charge in [-0.25, -0.2) is 4.98 Å². The van der Waals surface area contributed by atoms with Crippen molar-refractivity contribution >= 4 is 30.0 Å². The van der Waals surface area contributed by atoms with Crippen LogP contribution in [0.1, 0.15) is 44.2 Å². The number of allylic oxidation sites excluding steroid dienone is 3. The van der Waals surface area contributed by atoms with E-state index in [9.17, 15) is 0 Å². The molecule has 1 aromatic heterocycles. The summed E-state index contributed by atoms with van der Waals surface area (Å²) in [7, 11) is 1.75. The normalized spacial score (nSPS) is 20.8. The summed E-state index contributed by atoms with van der Waals surface area (Å²) >= 11 is 0. The van der Waals surface area contributed by atoms with Crippen LogP contribution in [0.3, 0.4) is 0 Å². The fourth-order valence-corrected chi connectivity index (χ4v) is 5.83. The molecule has 0 bridgehead atoms. The highest BCUT2D eigenvalue weighted by Crippen LogP contribution is 2.30. The van der Waals surface area contributed by atoms with E-state index >= 15 is 0 Å². The van der Waals surface area contributed by atoms with Crippen LogP contribution >= 0.6 is 0 Å². The van der Waals surface area contributed by atoms with Crippen molar-refractivity contribution in [2.75, 3.05) is 69.5 Å². The topological polar surface area (TPSA) is 63.2 Å². The van der Waals surface area contributed by atoms with E-state index in [4.69, 9.17) is 24.2 Å². The molecule has 3 fully saturated rings. The summed E-state index contributed by atoms with van der Waals surface area (Å²) < 4.78 is 17.1. The second kappa shape index (κ2) is 13.6. The Hall–Kier alpha value is -3.20. The number of hydrogen-bond acceptors (Lipinski definition) is 8. The molecule has 0 radical (unpaired) electrons. The maximum absolute atomic E-state index is 5.75. The number of anilines is 2. The fourth-order valence-electron chi connectivity index (χ4n) is 5.83. The van der Waals surface area contributed by atoms with E-state index in [2.05, 4.69) is 72.1 Å². The van der Waals surface area contributed by atoms with Gasteiger partial charge in [-0.05, 0) is 55.7 Å². The van der Waals surface area contributed by atoms with Crippen LogP contribution in [0.4, 0.5) is 11.8 Å². The Labute approximate surface area is 244 Å². The quantitative estimate of drug-likeness (QED) is 0.411. The molecule has 2 aromatic rings. The minimum absolute atomic E-state index is 0.143. The minimum Gasteiger partial charge on any atom is -0.496 e. The van der Waals surface area contributed by atoms with Gasteiger partial charge in [-0.15, -0.1) is 0 Å². The number of methoxy groups -OCH3 is 1. The molecule has 8 nitrogen and oxygen atoms in total. The zero-order valence-corrected chi connectivity index (χ0v) is 25.0. The Morgan fingerprint density at radius 1 is 1.15 bits per heavy atom. The highest BCUT2D eigenvalue weighted by Gasteiger charge is 2.25. The van der Waals surface area contributed by atoms with Crippen molar-refractivity contribution in [1.82, 2.24) is 14.9 Å². The molecule has 220 valence electrons. The van der Waals surface area contributed by atoms with Crippen LogP contribution in [-0.2, 0) is 16.0 Å². The highest BCUT2D eigenvalue weighted by molar-refractivity contribution is 5.79. The van der Waals surface area contributed by atoms with Crippen LogP contribution in [0.15, 0.2) is 36.9 Å². The molecule has 5 rings (SSSR count). The zero-order chi connectivity index (χ0) is 28.8. The average molecular weight is 560 g/mol. The van der Waals surface area contributed by atoms with Crippen LogP contribution in [0.5, 0.6) is 5.75 Å². The van der Waals surface area contributed by atoms with Crippen LogP contribution in [-0.4, -0.2) is 86.7 Å². The maximum Gasteiger partial charge on any atom is 0.228 e. The number of ether oxygens (including phenoxy) is 3. The lowest BCUT2D eigenvalue weighted by Crippen LogP contribution is -2.46. The number of benzene rings is 1. The number of morpholine rings is 2. The minimum atomic E-state index is 0.143. The molecular weight excluding hydrogens is 514 g/mol. The first-order valence-corrected chi connectivity index (χ1v) is 15.0. The standard InChI is InChI=1S/C33H45N5O3/c1-6-26(27-12-14-31(39-5)28(21-27)23-36(7-2)29-9-8-10-29)11-13-30-25(4)34-33(38-17-20-41-24(3)22-38)35-32(30)37-15-18-40-19-16-37/h6,11-14,21,24,29H,1,4,7-10,15-20,22-23H2,2-3,5H3/b26-11+,30-13+/t24-/m1/s1. The summed E-state index contributed by atoms with van der Waals surface area (Å²) in [6.45, 7) is 19.9.